The highest BCUT2D eigenvalue weighted by Crippen LogP contribution is 2.23. The molecule has 1 aromatic carbocycles. The molecule has 1 fully saturated rings. The van der Waals surface area contributed by atoms with E-state index < -0.39 is 0 Å². The van der Waals surface area contributed by atoms with Crippen molar-refractivity contribution in [2.45, 2.75) is 32.0 Å². The maximum atomic E-state index is 13.1. The molecule has 0 spiro atoms. The summed E-state index contributed by atoms with van der Waals surface area (Å²) in [5.41, 5.74) is 0.924. The van der Waals surface area contributed by atoms with Gasteiger partial charge in [-0.1, -0.05) is 25.5 Å². The molecule has 2 rings (SSSR count). The summed E-state index contributed by atoms with van der Waals surface area (Å²) in [7, 11) is 0. The van der Waals surface area contributed by atoms with Gasteiger partial charge in [0.25, 0.3) is 0 Å². The molecule has 2 unspecified atom stereocenters. The summed E-state index contributed by atoms with van der Waals surface area (Å²) in [4.78, 5) is 0. The first-order chi connectivity index (χ1) is 7.79. The Bertz CT molecular complexity index is 340. The second-order valence-corrected chi connectivity index (χ2v) is 4.25. The Morgan fingerprint density at radius 3 is 3.06 bits per heavy atom. The SMILES string of the molecule is CCCC1CNCC(c2cccc(F)c2)O1. The van der Waals surface area contributed by atoms with Crippen LogP contribution in [0.1, 0.15) is 31.4 Å². The quantitative estimate of drug-likeness (QED) is 0.850. The fourth-order valence-electron chi connectivity index (χ4n) is 2.10. The Balaban J connectivity index is 2.03. The van der Waals surface area contributed by atoms with E-state index in [-0.39, 0.29) is 18.0 Å². The topological polar surface area (TPSA) is 21.3 Å². The van der Waals surface area contributed by atoms with Crippen molar-refractivity contribution >= 4 is 0 Å². The fourth-order valence-corrected chi connectivity index (χ4v) is 2.10. The lowest BCUT2D eigenvalue weighted by atomic mass is 10.1. The van der Waals surface area contributed by atoms with Crippen LogP contribution in [0.25, 0.3) is 0 Å². The molecule has 0 amide bonds. The zero-order valence-corrected chi connectivity index (χ0v) is 9.58. The minimum absolute atomic E-state index is 0.0130. The van der Waals surface area contributed by atoms with Crippen molar-refractivity contribution in [1.29, 1.82) is 0 Å². The average molecular weight is 223 g/mol. The van der Waals surface area contributed by atoms with Gasteiger partial charge in [-0.25, -0.2) is 4.39 Å². The molecule has 0 bridgehead atoms. The highest BCUT2D eigenvalue weighted by atomic mass is 19.1. The minimum atomic E-state index is -0.196. The molecule has 1 aromatic rings. The first kappa shape index (κ1) is 11.6. The van der Waals surface area contributed by atoms with Gasteiger partial charge in [-0.3, -0.25) is 0 Å². The Morgan fingerprint density at radius 2 is 2.31 bits per heavy atom. The second-order valence-electron chi connectivity index (χ2n) is 4.25. The minimum Gasteiger partial charge on any atom is -0.368 e. The van der Waals surface area contributed by atoms with Crippen LogP contribution in [0, 0.1) is 5.82 Å². The Morgan fingerprint density at radius 1 is 1.44 bits per heavy atom. The summed E-state index contributed by atoms with van der Waals surface area (Å²) in [6.07, 6.45) is 2.41. The van der Waals surface area contributed by atoms with E-state index in [0.717, 1.165) is 31.5 Å². The van der Waals surface area contributed by atoms with Crippen molar-refractivity contribution in [2.75, 3.05) is 13.1 Å². The summed E-state index contributed by atoms with van der Waals surface area (Å²) >= 11 is 0. The first-order valence-corrected chi connectivity index (χ1v) is 5.91. The third kappa shape index (κ3) is 2.80. The number of hydrogen-bond donors (Lipinski definition) is 1. The molecule has 1 saturated heterocycles. The zero-order chi connectivity index (χ0) is 11.4. The molecule has 2 nitrogen and oxygen atoms in total. The normalized spacial score (nSPS) is 25.6. The second kappa shape index (κ2) is 5.41. The van der Waals surface area contributed by atoms with E-state index in [1.54, 1.807) is 12.1 Å². The van der Waals surface area contributed by atoms with Crippen LogP contribution in [-0.4, -0.2) is 19.2 Å². The molecule has 1 aliphatic heterocycles. The molecular weight excluding hydrogens is 205 g/mol. The van der Waals surface area contributed by atoms with Crippen LogP contribution >= 0.6 is 0 Å². The number of ether oxygens (including phenoxy) is 1. The fraction of sp³-hybridized carbons (Fsp3) is 0.538. The third-order valence-electron chi connectivity index (χ3n) is 2.89. The summed E-state index contributed by atoms with van der Waals surface area (Å²) < 4.78 is 19.0. The lowest BCUT2D eigenvalue weighted by Crippen LogP contribution is -2.40. The smallest absolute Gasteiger partial charge is 0.123 e. The molecule has 1 aliphatic rings. The summed E-state index contributed by atoms with van der Waals surface area (Å²) in [6.45, 7) is 3.82. The van der Waals surface area contributed by atoms with Crippen LogP contribution in [0.2, 0.25) is 0 Å². The van der Waals surface area contributed by atoms with Crippen molar-refractivity contribution in [1.82, 2.24) is 5.32 Å². The zero-order valence-electron chi connectivity index (χ0n) is 9.58. The molecular formula is C13H18FNO. The number of benzene rings is 1. The highest BCUT2D eigenvalue weighted by Gasteiger charge is 2.22. The van der Waals surface area contributed by atoms with Crippen molar-refractivity contribution in [3.63, 3.8) is 0 Å². The summed E-state index contributed by atoms with van der Waals surface area (Å²) in [6, 6.07) is 6.67. The van der Waals surface area contributed by atoms with Crippen LogP contribution in [-0.2, 0) is 4.74 Å². The third-order valence-corrected chi connectivity index (χ3v) is 2.89. The molecule has 1 heterocycles. The first-order valence-electron chi connectivity index (χ1n) is 5.91. The van der Waals surface area contributed by atoms with Gasteiger partial charge in [-0.15, -0.1) is 0 Å². The molecule has 0 radical (unpaired) electrons. The maximum absolute atomic E-state index is 13.1. The van der Waals surface area contributed by atoms with E-state index >= 15 is 0 Å². The van der Waals surface area contributed by atoms with Crippen molar-refractivity contribution in [3.8, 4) is 0 Å². The van der Waals surface area contributed by atoms with Crippen LogP contribution in [0.15, 0.2) is 24.3 Å². The standard InChI is InChI=1S/C13H18FNO/c1-2-4-12-8-15-9-13(16-12)10-5-3-6-11(14)7-10/h3,5-7,12-13,15H,2,4,8-9H2,1H3. The average Bonchev–Trinajstić information content (AvgIpc) is 2.30. The van der Waals surface area contributed by atoms with E-state index in [1.807, 2.05) is 6.07 Å². The van der Waals surface area contributed by atoms with Gasteiger partial charge in [0.15, 0.2) is 0 Å². The molecule has 16 heavy (non-hydrogen) atoms. The van der Waals surface area contributed by atoms with Gasteiger partial charge in [0, 0.05) is 13.1 Å². The lowest BCUT2D eigenvalue weighted by Gasteiger charge is -2.31. The molecule has 2 atom stereocenters. The van der Waals surface area contributed by atoms with Gasteiger partial charge in [0.1, 0.15) is 5.82 Å². The summed E-state index contributed by atoms with van der Waals surface area (Å²) in [5.74, 6) is -0.196. The Kier molecular flexibility index (Phi) is 3.91. The van der Waals surface area contributed by atoms with Gasteiger partial charge in [0.2, 0.25) is 0 Å². The van der Waals surface area contributed by atoms with Crippen LogP contribution in [0.5, 0.6) is 0 Å². The molecule has 3 heteroatoms. The highest BCUT2D eigenvalue weighted by molar-refractivity contribution is 5.19. The van der Waals surface area contributed by atoms with Crippen LogP contribution < -0.4 is 5.32 Å². The van der Waals surface area contributed by atoms with E-state index in [2.05, 4.69) is 12.2 Å². The number of morpholine rings is 1. The van der Waals surface area contributed by atoms with Gasteiger partial charge < -0.3 is 10.1 Å². The lowest BCUT2D eigenvalue weighted by molar-refractivity contribution is -0.0426. The van der Waals surface area contributed by atoms with E-state index in [1.165, 1.54) is 6.07 Å². The van der Waals surface area contributed by atoms with Gasteiger partial charge in [0.05, 0.1) is 12.2 Å². The summed E-state index contributed by atoms with van der Waals surface area (Å²) in [5, 5.41) is 3.34. The van der Waals surface area contributed by atoms with Gasteiger partial charge in [-0.05, 0) is 24.1 Å². The molecule has 0 aliphatic carbocycles. The van der Waals surface area contributed by atoms with E-state index in [9.17, 15) is 4.39 Å². The number of hydrogen-bond acceptors (Lipinski definition) is 2. The molecule has 0 aromatic heterocycles. The van der Waals surface area contributed by atoms with Crippen molar-refractivity contribution in [3.05, 3.63) is 35.6 Å². The van der Waals surface area contributed by atoms with Crippen LogP contribution in [0.3, 0.4) is 0 Å². The predicted octanol–water partition coefficient (Wildman–Crippen LogP) is 2.66. The largest absolute Gasteiger partial charge is 0.368 e. The Labute approximate surface area is 95.8 Å². The number of rotatable bonds is 3. The molecule has 0 saturated carbocycles. The van der Waals surface area contributed by atoms with E-state index in [4.69, 9.17) is 4.74 Å². The van der Waals surface area contributed by atoms with Crippen LogP contribution in [0.4, 0.5) is 4.39 Å². The van der Waals surface area contributed by atoms with Gasteiger partial charge in [-0.2, -0.15) is 0 Å². The Hall–Kier alpha value is -0.930. The molecule has 1 N–H and O–H groups in total. The number of halogens is 1. The van der Waals surface area contributed by atoms with E-state index in [0.29, 0.717) is 0 Å². The monoisotopic (exact) mass is 223 g/mol. The molecule has 88 valence electrons. The van der Waals surface area contributed by atoms with Crippen molar-refractivity contribution in [2.24, 2.45) is 0 Å². The van der Waals surface area contributed by atoms with Gasteiger partial charge >= 0.3 is 0 Å². The number of nitrogens with one attached hydrogen (secondary N) is 1. The van der Waals surface area contributed by atoms with Crippen molar-refractivity contribution < 1.29 is 9.13 Å². The maximum Gasteiger partial charge on any atom is 0.123 e. The predicted molar refractivity (Wildman–Crippen MR) is 61.8 cm³/mol.